The molecule has 0 saturated carbocycles. The first-order valence-corrected chi connectivity index (χ1v) is 9.81. The number of nitrogens with zero attached hydrogens (tertiary/aromatic N) is 2. The van der Waals surface area contributed by atoms with Crippen molar-refractivity contribution >= 4 is 53.9 Å². The number of ether oxygens (including phenoxy) is 1. The smallest absolute Gasteiger partial charge is 0.239 e. The molecule has 7 nitrogen and oxygen atoms in total. The third-order valence-corrected chi connectivity index (χ3v) is 5.59. The van der Waals surface area contributed by atoms with Crippen LogP contribution in [0.1, 0.15) is 12.8 Å². The van der Waals surface area contributed by atoms with Crippen LogP contribution >= 0.6 is 36.4 Å². The van der Waals surface area contributed by atoms with E-state index in [0.717, 1.165) is 12.8 Å². The fourth-order valence-electron chi connectivity index (χ4n) is 3.57. The Balaban J connectivity index is 0.00000210. The summed E-state index contributed by atoms with van der Waals surface area (Å²) in [4.78, 5) is 28.8. The molecule has 3 N–H and O–H groups in total. The molecule has 2 amide bonds. The van der Waals surface area contributed by atoms with Crippen molar-refractivity contribution in [1.82, 2.24) is 9.80 Å². The van der Waals surface area contributed by atoms with E-state index in [-0.39, 0.29) is 49.1 Å². The summed E-state index contributed by atoms with van der Waals surface area (Å²) in [6.45, 7) is 4.13. The number of halogens is 3. The van der Waals surface area contributed by atoms with Crippen molar-refractivity contribution in [3.8, 4) is 0 Å². The summed E-state index contributed by atoms with van der Waals surface area (Å²) >= 11 is 6.07. The molecule has 0 radical (unpaired) electrons. The Hall–Kier alpha value is -1.09. The summed E-state index contributed by atoms with van der Waals surface area (Å²) in [6, 6.07) is 6.70. The van der Waals surface area contributed by atoms with Crippen molar-refractivity contribution in [2.45, 2.75) is 18.9 Å². The van der Waals surface area contributed by atoms with Gasteiger partial charge in [0.15, 0.2) is 0 Å². The lowest BCUT2D eigenvalue weighted by Gasteiger charge is -2.37. The highest BCUT2D eigenvalue weighted by molar-refractivity contribution is 6.33. The van der Waals surface area contributed by atoms with Gasteiger partial charge >= 0.3 is 0 Å². The summed E-state index contributed by atoms with van der Waals surface area (Å²) in [5, 5.41) is 3.34. The molecule has 164 valence electrons. The van der Waals surface area contributed by atoms with Crippen molar-refractivity contribution in [2.24, 2.45) is 11.7 Å². The van der Waals surface area contributed by atoms with Gasteiger partial charge < -0.3 is 20.7 Å². The number of para-hydroxylation sites is 1. The van der Waals surface area contributed by atoms with Gasteiger partial charge in [0.05, 0.1) is 23.3 Å². The number of rotatable bonds is 5. The first kappa shape index (κ1) is 25.9. The van der Waals surface area contributed by atoms with Gasteiger partial charge in [0.25, 0.3) is 0 Å². The Morgan fingerprint density at radius 2 is 1.76 bits per heavy atom. The van der Waals surface area contributed by atoms with Crippen LogP contribution in [0.15, 0.2) is 24.3 Å². The van der Waals surface area contributed by atoms with Crippen LogP contribution in [0.25, 0.3) is 0 Å². The Kier molecular flexibility index (Phi) is 11.2. The van der Waals surface area contributed by atoms with Gasteiger partial charge in [-0.15, -0.1) is 24.8 Å². The zero-order valence-electron chi connectivity index (χ0n) is 16.2. The summed E-state index contributed by atoms with van der Waals surface area (Å²) in [6.07, 6.45) is 1.68. The number of anilines is 1. The molecule has 1 unspecified atom stereocenters. The van der Waals surface area contributed by atoms with Crippen LogP contribution in [-0.2, 0) is 14.3 Å². The first-order valence-electron chi connectivity index (χ1n) is 9.43. The molecule has 0 aromatic heterocycles. The molecule has 0 bridgehead atoms. The minimum atomic E-state index is -0.455. The zero-order chi connectivity index (χ0) is 19.2. The molecular formula is C19H29Cl3N4O3. The fraction of sp³-hybridized carbons (Fsp3) is 0.579. The fourth-order valence-corrected chi connectivity index (χ4v) is 3.75. The van der Waals surface area contributed by atoms with Gasteiger partial charge in [-0.05, 0) is 30.9 Å². The average Bonchev–Trinajstić information content (AvgIpc) is 2.70. The molecule has 10 heteroatoms. The summed E-state index contributed by atoms with van der Waals surface area (Å²) < 4.78 is 5.34. The van der Waals surface area contributed by atoms with E-state index in [1.54, 1.807) is 12.1 Å². The molecular weight excluding hydrogens is 439 g/mol. The minimum Gasteiger partial charge on any atom is -0.381 e. The van der Waals surface area contributed by atoms with Gasteiger partial charge in [0, 0.05) is 39.4 Å². The van der Waals surface area contributed by atoms with Gasteiger partial charge in [0.2, 0.25) is 11.8 Å². The highest BCUT2D eigenvalue weighted by Gasteiger charge is 2.31. The van der Waals surface area contributed by atoms with Crippen LogP contribution < -0.4 is 11.1 Å². The molecule has 2 heterocycles. The zero-order valence-corrected chi connectivity index (χ0v) is 18.6. The maximum atomic E-state index is 12.7. The second-order valence-electron chi connectivity index (χ2n) is 7.11. The number of nitrogens with two attached hydrogens (primary N) is 1. The van der Waals surface area contributed by atoms with Gasteiger partial charge in [0.1, 0.15) is 0 Å². The van der Waals surface area contributed by atoms with Crippen molar-refractivity contribution in [1.29, 1.82) is 0 Å². The van der Waals surface area contributed by atoms with Crippen LogP contribution in [0.5, 0.6) is 0 Å². The van der Waals surface area contributed by atoms with E-state index in [0.29, 0.717) is 50.1 Å². The maximum Gasteiger partial charge on any atom is 0.239 e. The van der Waals surface area contributed by atoms with E-state index >= 15 is 0 Å². The van der Waals surface area contributed by atoms with Crippen LogP contribution in [0.2, 0.25) is 5.02 Å². The van der Waals surface area contributed by atoms with Gasteiger partial charge in [-0.1, -0.05) is 23.7 Å². The van der Waals surface area contributed by atoms with Gasteiger partial charge in [-0.3, -0.25) is 14.5 Å². The summed E-state index contributed by atoms with van der Waals surface area (Å²) in [7, 11) is 0. The van der Waals surface area contributed by atoms with E-state index in [4.69, 9.17) is 22.1 Å². The van der Waals surface area contributed by atoms with E-state index in [1.807, 2.05) is 21.9 Å². The lowest BCUT2D eigenvalue weighted by Crippen LogP contribution is -2.56. The van der Waals surface area contributed by atoms with Crippen LogP contribution in [-0.4, -0.2) is 73.6 Å². The van der Waals surface area contributed by atoms with E-state index in [2.05, 4.69) is 5.32 Å². The quantitative estimate of drug-likeness (QED) is 0.692. The molecule has 2 aliphatic heterocycles. The van der Waals surface area contributed by atoms with E-state index < -0.39 is 6.04 Å². The molecule has 0 aliphatic carbocycles. The Morgan fingerprint density at radius 3 is 2.38 bits per heavy atom. The third-order valence-electron chi connectivity index (χ3n) is 5.26. The highest BCUT2D eigenvalue weighted by atomic mass is 35.5. The first-order chi connectivity index (χ1) is 13.0. The predicted molar refractivity (Wildman–Crippen MR) is 119 cm³/mol. The molecule has 1 aromatic rings. The minimum absolute atomic E-state index is 0. The van der Waals surface area contributed by atoms with Crippen molar-refractivity contribution in [2.75, 3.05) is 51.3 Å². The summed E-state index contributed by atoms with van der Waals surface area (Å²) in [5.74, 6) is 0.106. The second kappa shape index (κ2) is 12.6. The number of nitrogens with one attached hydrogen (secondary N) is 1. The molecule has 0 spiro atoms. The molecule has 1 atom stereocenters. The number of hydrogen-bond acceptors (Lipinski definition) is 5. The standard InChI is InChI=1S/C19H27ClN4O3.2ClH/c20-15-3-1-2-4-16(15)22-17(25)13-23-7-9-24(10-8-23)19(26)18(21)14-5-11-27-12-6-14;;/h1-4,14,18H,5-13,21H2,(H,22,25);2*1H. The van der Waals surface area contributed by atoms with Crippen molar-refractivity contribution in [3.63, 3.8) is 0 Å². The normalized spacial score (nSPS) is 18.9. The van der Waals surface area contributed by atoms with E-state index in [1.165, 1.54) is 0 Å². The average molecular weight is 468 g/mol. The number of amides is 2. The maximum absolute atomic E-state index is 12.7. The number of benzene rings is 1. The highest BCUT2D eigenvalue weighted by Crippen LogP contribution is 2.21. The third kappa shape index (κ3) is 7.27. The Morgan fingerprint density at radius 1 is 1.14 bits per heavy atom. The molecule has 29 heavy (non-hydrogen) atoms. The van der Waals surface area contributed by atoms with Crippen molar-refractivity contribution in [3.05, 3.63) is 29.3 Å². The van der Waals surface area contributed by atoms with Crippen molar-refractivity contribution < 1.29 is 14.3 Å². The second-order valence-corrected chi connectivity index (χ2v) is 7.51. The van der Waals surface area contributed by atoms with Crippen LogP contribution in [0, 0.1) is 5.92 Å². The molecule has 3 rings (SSSR count). The Labute approximate surface area is 189 Å². The monoisotopic (exact) mass is 466 g/mol. The number of piperazine rings is 1. The number of carbonyl (C=O) groups is 2. The number of hydrogen-bond donors (Lipinski definition) is 2. The van der Waals surface area contributed by atoms with Gasteiger partial charge in [-0.25, -0.2) is 0 Å². The molecule has 2 aliphatic rings. The SMILES string of the molecule is Cl.Cl.NC(C(=O)N1CCN(CC(=O)Nc2ccccc2Cl)CC1)C1CCOCC1. The van der Waals surface area contributed by atoms with E-state index in [9.17, 15) is 9.59 Å². The summed E-state index contributed by atoms with van der Waals surface area (Å²) in [5.41, 5.74) is 6.81. The Bertz CT molecular complexity index is 666. The lowest BCUT2D eigenvalue weighted by molar-refractivity contribution is -0.136. The predicted octanol–water partition coefficient (Wildman–Crippen LogP) is 2.02. The van der Waals surface area contributed by atoms with Crippen LogP contribution in [0.3, 0.4) is 0 Å². The number of carbonyl (C=O) groups excluding carboxylic acids is 2. The molecule has 2 fully saturated rings. The molecule has 2 saturated heterocycles. The lowest BCUT2D eigenvalue weighted by atomic mass is 9.91. The molecule has 1 aromatic carbocycles. The topological polar surface area (TPSA) is 87.9 Å². The van der Waals surface area contributed by atoms with Gasteiger partial charge in [-0.2, -0.15) is 0 Å². The van der Waals surface area contributed by atoms with Crippen LogP contribution in [0.4, 0.5) is 5.69 Å². The largest absolute Gasteiger partial charge is 0.381 e.